The third-order valence-corrected chi connectivity index (χ3v) is 4.10. The van der Waals surface area contributed by atoms with E-state index in [0.29, 0.717) is 0 Å². The van der Waals surface area contributed by atoms with E-state index >= 15 is 0 Å². The molecular weight excluding hydrogens is 242 g/mol. The third-order valence-electron chi connectivity index (χ3n) is 3.84. The van der Waals surface area contributed by atoms with E-state index in [2.05, 4.69) is 36.9 Å². The maximum atomic E-state index is 5.81. The molecule has 0 N–H and O–H groups in total. The molecule has 1 aliphatic rings. The van der Waals surface area contributed by atoms with Crippen molar-refractivity contribution in [2.75, 3.05) is 12.4 Å². The minimum Gasteiger partial charge on any atom is -0.296 e. The molecule has 100 valence electrons. The predicted octanol–water partition coefficient (Wildman–Crippen LogP) is 4.29. The lowest BCUT2D eigenvalue weighted by molar-refractivity contribution is 0.233. The molecule has 2 rings (SSSR count). The van der Waals surface area contributed by atoms with E-state index in [0.717, 1.165) is 24.9 Å². The van der Waals surface area contributed by atoms with Gasteiger partial charge in [0.25, 0.3) is 0 Å². The Kier molecular flexibility index (Phi) is 5.08. The summed E-state index contributed by atoms with van der Waals surface area (Å²) in [5.74, 6) is 0.799. The van der Waals surface area contributed by atoms with Gasteiger partial charge in [-0.1, -0.05) is 29.3 Å². The van der Waals surface area contributed by atoms with E-state index in [9.17, 15) is 0 Å². The van der Waals surface area contributed by atoms with Crippen LogP contribution >= 0.6 is 11.6 Å². The average molecular weight is 266 g/mol. The van der Waals surface area contributed by atoms with Gasteiger partial charge in [-0.25, -0.2) is 0 Å². The molecule has 0 spiro atoms. The predicted molar refractivity (Wildman–Crippen MR) is 79.3 cm³/mol. The Balaban J connectivity index is 1.98. The van der Waals surface area contributed by atoms with Crippen molar-refractivity contribution in [3.63, 3.8) is 0 Å². The number of alkyl halides is 1. The number of benzene rings is 1. The van der Waals surface area contributed by atoms with Crippen LogP contribution in [0.4, 0.5) is 0 Å². The highest BCUT2D eigenvalue weighted by Crippen LogP contribution is 2.24. The monoisotopic (exact) mass is 265 g/mol. The first-order chi connectivity index (χ1) is 8.69. The molecule has 0 amide bonds. The highest BCUT2D eigenvalue weighted by atomic mass is 35.5. The van der Waals surface area contributed by atoms with Gasteiger partial charge in [-0.05, 0) is 51.6 Å². The molecule has 1 unspecified atom stereocenters. The minimum atomic E-state index is 0.754. The highest BCUT2D eigenvalue weighted by molar-refractivity contribution is 6.17. The fraction of sp³-hybridized carbons (Fsp3) is 0.625. The zero-order valence-corrected chi connectivity index (χ0v) is 12.3. The second-order valence-corrected chi connectivity index (χ2v) is 5.97. The van der Waals surface area contributed by atoms with E-state index in [1.54, 1.807) is 0 Å². The first-order valence-electron chi connectivity index (χ1n) is 7.06. The summed E-state index contributed by atoms with van der Waals surface area (Å²) in [6.07, 6.45) is 5.10. The number of likely N-dealkylation sites (tertiary alicyclic amines) is 1. The molecule has 0 aliphatic carbocycles. The van der Waals surface area contributed by atoms with Crippen molar-refractivity contribution in [1.82, 2.24) is 4.90 Å². The van der Waals surface area contributed by atoms with Crippen LogP contribution < -0.4 is 0 Å². The summed E-state index contributed by atoms with van der Waals surface area (Å²) >= 11 is 5.81. The molecule has 18 heavy (non-hydrogen) atoms. The van der Waals surface area contributed by atoms with Crippen LogP contribution in [0.15, 0.2) is 18.2 Å². The summed E-state index contributed by atoms with van der Waals surface area (Å²) < 4.78 is 0. The van der Waals surface area contributed by atoms with Gasteiger partial charge >= 0.3 is 0 Å². The number of rotatable bonds is 5. The van der Waals surface area contributed by atoms with E-state index in [1.165, 1.54) is 42.5 Å². The molecule has 1 fully saturated rings. The Morgan fingerprint density at radius 2 is 1.94 bits per heavy atom. The second kappa shape index (κ2) is 6.58. The van der Waals surface area contributed by atoms with Gasteiger partial charge in [-0.2, -0.15) is 0 Å². The number of halogens is 1. The minimum absolute atomic E-state index is 0.754. The van der Waals surface area contributed by atoms with Gasteiger partial charge in [-0.15, -0.1) is 11.6 Å². The smallest absolute Gasteiger partial charge is 0.0236 e. The molecule has 2 heteroatoms. The maximum absolute atomic E-state index is 5.81. The first kappa shape index (κ1) is 13.9. The van der Waals surface area contributed by atoms with Crippen LogP contribution in [-0.2, 0) is 6.54 Å². The van der Waals surface area contributed by atoms with Gasteiger partial charge < -0.3 is 0 Å². The summed E-state index contributed by atoms with van der Waals surface area (Å²) in [4.78, 5) is 2.64. The fourth-order valence-corrected chi connectivity index (χ4v) is 3.29. The van der Waals surface area contributed by atoms with Crippen LogP contribution in [-0.4, -0.2) is 23.4 Å². The van der Waals surface area contributed by atoms with Gasteiger partial charge in [0.2, 0.25) is 0 Å². The van der Waals surface area contributed by atoms with Crippen molar-refractivity contribution in [2.24, 2.45) is 0 Å². The number of nitrogens with zero attached hydrogens (tertiary/aromatic N) is 1. The summed E-state index contributed by atoms with van der Waals surface area (Å²) in [7, 11) is 0. The Morgan fingerprint density at radius 3 is 2.61 bits per heavy atom. The normalized spacial score (nSPS) is 20.5. The third kappa shape index (κ3) is 3.73. The van der Waals surface area contributed by atoms with Gasteiger partial charge in [0.05, 0.1) is 0 Å². The van der Waals surface area contributed by atoms with Crippen molar-refractivity contribution < 1.29 is 0 Å². The highest BCUT2D eigenvalue weighted by Gasteiger charge is 2.23. The second-order valence-electron chi connectivity index (χ2n) is 5.59. The molecule has 1 aromatic carbocycles. The maximum Gasteiger partial charge on any atom is 0.0236 e. The summed E-state index contributed by atoms with van der Waals surface area (Å²) in [6, 6.07) is 7.65. The lowest BCUT2D eigenvalue weighted by atomic mass is 10.1. The zero-order chi connectivity index (χ0) is 13.0. The molecule has 1 aromatic rings. The van der Waals surface area contributed by atoms with Crippen LogP contribution in [0.2, 0.25) is 0 Å². The number of hydrogen-bond acceptors (Lipinski definition) is 1. The molecule has 0 saturated carbocycles. The largest absolute Gasteiger partial charge is 0.296 e. The Hall–Kier alpha value is -0.530. The number of aryl methyl sites for hydroxylation is 2. The van der Waals surface area contributed by atoms with Crippen LogP contribution in [0.1, 0.15) is 42.4 Å². The SMILES string of the molecule is Cc1cc(C)cc(CN2CCCC2CCCCl)c1. The van der Waals surface area contributed by atoms with Crippen molar-refractivity contribution in [3.05, 3.63) is 34.9 Å². The lowest BCUT2D eigenvalue weighted by Crippen LogP contribution is -2.29. The van der Waals surface area contributed by atoms with E-state index in [-0.39, 0.29) is 0 Å². The molecule has 0 aromatic heterocycles. The average Bonchev–Trinajstić information content (AvgIpc) is 2.72. The fourth-order valence-electron chi connectivity index (χ4n) is 3.14. The van der Waals surface area contributed by atoms with Crippen LogP contribution in [0, 0.1) is 13.8 Å². The van der Waals surface area contributed by atoms with Crippen molar-refractivity contribution in [2.45, 2.75) is 52.1 Å². The quantitative estimate of drug-likeness (QED) is 0.718. The van der Waals surface area contributed by atoms with Crippen molar-refractivity contribution >= 4 is 11.6 Å². The van der Waals surface area contributed by atoms with E-state index < -0.39 is 0 Å². The van der Waals surface area contributed by atoms with E-state index in [4.69, 9.17) is 11.6 Å². The number of hydrogen-bond donors (Lipinski definition) is 0. The van der Waals surface area contributed by atoms with Crippen LogP contribution in [0.3, 0.4) is 0 Å². The van der Waals surface area contributed by atoms with Gasteiger partial charge in [0.15, 0.2) is 0 Å². The molecule has 1 atom stereocenters. The van der Waals surface area contributed by atoms with Gasteiger partial charge in [0.1, 0.15) is 0 Å². The Labute approximate surface area is 116 Å². The van der Waals surface area contributed by atoms with Gasteiger partial charge in [0, 0.05) is 18.5 Å². The molecule has 0 bridgehead atoms. The topological polar surface area (TPSA) is 3.24 Å². The first-order valence-corrected chi connectivity index (χ1v) is 7.59. The summed E-state index contributed by atoms with van der Waals surface area (Å²) in [5, 5.41) is 0. The molecule has 1 heterocycles. The van der Waals surface area contributed by atoms with E-state index in [1.807, 2.05) is 0 Å². The Morgan fingerprint density at radius 1 is 1.22 bits per heavy atom. The molecule has 1 saturated heterocycles. The summed E-state index contributed by atoms with van der Waals surface area (Å²) in [5.41, 5.74) is 4.22. The van der Waals surface area contributed by atoms with Crippen molar-refractivity contribution in [1.29, 1.82) is 0 Å². The molecular formula is C16H24ClN. The van der Waals surface area contributed by atoms with Crippen molar-refractivity contribution in [3.8, 4) is 0 Å². The standard InChI is InChI=1S/C16H24ClN/c1-13-9-14(2)11-15(10-13)12-18-8-4-6-16(18)5-3-7-17/h9-11,16H,3-8,12H2,1-2H3. The zero-order valence-electron chi connectivity index (χ0n) is 11.6. The Bertz CT molecular complexity index is 368. The molecule has 1 nitrogen and oxygen atoms in total. The lowest BCUT2D eigenvalue weighted by Gasteiger charge is -2.24. The molecule has 1 aliphatic heterocycles. The van der Waals surface area contributed by atoms with Gasteiger partial charge in [-0.3, -0.25) is 4.90 Å². The molecule has 0 radical (unpaired) electrons. The van der Waals surface area contributed by atoms with Crippen LogP contribution in [0.5, 0.6) is 0 Å². The van der Waals surface area contributed by atoms with Crippen LogP contribution in [0.25, 0.3) is 0 Å². The summed E-state index contributed by atoms with van der Waals surface area (Å²) in [6.45, 7) is 6.73.